The van der Waals surface area contributed by atoms with E-state index in [4.69, 9.17) is 16.3 Å². The van der Waals surface area contributed by atoms with Crippen LogP contribution < -0.4 is 4.74 Å². The van der Waals surface area contributed by atoms with Crippen LogP contribution in [-0.4, -0.2) is 11.9 Å². The van der Waals surface area contributed by atoms with Gasteiger partial charge >= 0.3 is 0 Å². The fraction of sp³-hybridized carbons (Fsp3) is 0.235. The molecule has 0 heterocycles. The molecule has 0 radical (unpaired) electrons. The first-order chi connectivity index (χ1) is 9.47. The van der Waals surface area contributed by atoms with E-state index in [0.29, 0.717) is 16.1 Å². The van der Waals surface area contributed by atoms with Gasteiger partial charge in [0.2, 0.25) is 0 Å². The van der Waals surface area contributed by atoms with E-state index in [-0.39, 0.29) is 11.9 Å². The number of carbonyl (C=O) groups excluding carboxylic acids is 1. The Bertz CT molecular complexity index is 615. The normalized spacial score (nSPS) is 10.7. The summed E-state index contributed by atoms with van der Waals surface area (Å²) in [7, 11) is 0. The maximum Gasteiger partial charge on any atom is 0.194 e. The maximum atomic E-state index is 12.4. The molecule has 0 aliphatic rings. The summed E-state index contributed by atoms with van der Waals surface area (Å²) >= 11 is 6.13. The van der Waals surface area contributed by atoms with E-state index in [2.05, 4.69) is 0 Å². The molecule has 2 aromatic carbocycles. The number of ether oxygens (including phenoxy) is 1. The molecule has 0 atom stereocenters. The standard InChI is InChI=1S/C17H17ClO2/c1-11(2)20-14-7-5-13(6-8-14)17(19)15-9-4-12(3)10-16(15)18/h4-11H,1-3H3. The fourth-order valence-electron chi connectivity index (χ4n) is 1.92. The highest BCUT2D eigenvalue weighted by Gasteiger charge is 2.13. The van der Waals surface area contributed by atoms with E-state index >= 15 is 0 Å². The van der Waals surface area contributed by atoms with Gasteiger partial charge in [-0.3, -0.25) is 4.79 Å². The van der Waals surface area contributed by atoms with Crippen molar-refractivity contribution >= 4 is 17.4 Å². The number of benzene rings is 2. The lowest BCUT2D eigenvalue weighted by atomic mass is 10.0. The van der Waals surface area contributed by atoms with Gasteiger partial charge in [0, 0.05) is 11.1 Å². The molecular formula is C17H17ClO2. The predicted molar refractivity (Wildman–Crippen MR) is 81.8 cm³/mol. The summed E-state index contributed by atoms with van der Waals surface area (Å²) in [5.74, 6) is 0.678. The molecule has 20 heavy (non-hydrogen) atoms. The van der Waals surface area contributed by atoms with Crippen LogP contribution in [0.15, 0.2) is 42.5 Å². The first-order valence-corrected chi connectivity index (χ1v) is 6.92. The molecule has 0 fully saturated rings. The molecule has 0 bridgehead atoms. The van der Waals surface area contributed by atoms with Gasteiger partial charge in [0.15, 0.2) is 5.78 Å². The summed E-state index contributed by atoms with van der Waals surface area (Å²) in [5.41, 5.74) is 2.16. The van der Waals surface area contributed by atoms with E-state index < -0.39 is 0 Å². The van der Waals surface area contributed by atoms with Gasteiger partial charge in [0.25, 0.3) is 0 Å². The van der Waals surface area contributed by atoms with Crippen LogP contribution in [0.3, 0.4) is 0 Å². The smallest absolute Gasteiger partial charge is 0.194 e. The average Bonchev–Trinajstić information content (AvgIpc) is 2.38. The number of hydrogen-bond donors (Lipinski definition) is 0. The van der Waals surface area contributed by atoms with Crippen LogP contribution in [-0.2, 0) is 0 Å². The van der Waals surface area contributed by atoms with E-state index in [1.54, 1.807) is 36.4 Å². The largest absolute Gasteiger partial charge is 0.491 e. The van der Waals surface area contributed by atoms with Gasteiger partial charge in [-0.1, -0.05) is 17.7 Å². The summed E-state index contributed by atoms with van der Waals surface area (Å²) in [6, 6.07) is 12.6. The number of ketones is 1. The van der Waals surface area contributed by atoms with Crippen LogP contribution in [0.1, 0.15) is 35.3 Å². The third kappa shape index (κ3) is 3.40. The van der Waals surface area contributed by atoms with E-state index in [9.17, 15) is 4.79 Å². The fourth-order valence-corrected chi connectivity index (χ4v) is 2.24. The van der Waals surface area contributed by atoms with E-state index in [1.165, 1.54) is 0 Å². The van der Waals surface area contributed by atoms with Crippen LogP contribution in [0.5, 0.6) is 5.75 Å². The van der Waals surface area contributed by atoms with E-state index in [0.717, 1.165) is 11.3 Å². The topological polar surface area (TPSA) is 26.3 Å². The summed E-state index contributed by atoms with van der Waals surface area (Å²) in [4.78, 5) is 12.4. The van der Waals surface area contributed by atoms with Crippen molar-refractivity contribution in [2.75, 3.05) is 0 Å². The molecule has 0 amide bonds. The molecule has 104 valence electrons. The minimum Gasteiger partial charge on any atom is -0.491 e. The van der Waals surface area contributed by atoms with Crippen molar-refractivity contribution in [3.63, 3.8) is 0 Å². The zero-order chi connectivity index (χ0) is 14.7. The quantitative estimate of drug-likeness (QED) is 0.765. The van der Waals surface area contributed by atoms with Crippen molar-refractivity contribution in [2.24, 2.45) is 0 Å². The summed E-state index contributed by atoms with van der Waals surface area (Å²) in [6.07, 6.45) is 0.114. The highest BCUT2D eigenvalue weighted by Crippen LogP contribution is 2.22. The first-order valence-electron chi connectivity index (χ1n) is 6.55. The minimum atomic E-state index is -0.0777. The maximum absolute atomic E-state index is 12.4. The molecule has 0 aliphatic heterocycles. The highest BCUT2D eigenvalue weighted by atomic mass is 35.5. The van der Waals surface area contributed by atoms with Crippen molar-refractivity contribution in [1.29, 1.82) is 0 Å². The molecule has 0 unspecified atom stereocenters. The lowest BCUT2D eigenvalue weighted by Crippen LogP contribution is -2.06. The second-order valence-corrected chi connectivity index (χ2v) is 5.41. The lowest BCUT2D eigenvalue weighted by molar-refractivity contribution is 0.103. The third-order valence-electron chi connectivity index (χ3n) is 2.86. The van der Waals surface area contributed by atoms with Crippen molar-refractivity contribution in [2.45, 2.75) is 26.9 Å². The van der Waals surface area contributed by atoms with Gasteiger partial charge in [0.05, 0.1) is 11.1 Å². The second kappa shape index (κ2) is 6.10. The summed E-state index contributed by atoms with van der Waals surface area (Å²) in [6.45, 7) is 5.87. The SMILES string of the molecule is Cc1ccc(C(=O)c2ccc(OC(C)C)cc2)c(Cl)c1. The Morgan fingerprint density at radius 1 is 1.10 bits per heavy atom. The van der Waals surface area contributed by atoms with Crippen LogP contribution in [0.2, 0.25) is 5.02 Å². The Balaban J connectivity index is 2.25. The van der Waals surface area contributed by atoms with Crippen molar-refractivity contribution < 1.29 is 9.53 Å². The molecule has 2 rings (SSSR count). The van der Waals surface area contributed by atoms with Gasteiger partial charge in [-0.25, -0.2) is 0 Å². The Labute approximate surface area is 124 Å². The molecular weight excluding hydrogens is 272 g/mol. The number of hydrogen-bond acceptors (Lipinski definition) is 2. The first kappa shape index (κ1) is 14.6. The minimum absolute atomic E-state index is 0.0777. The number of carbonyl (C=O) groups is 1. The Kier molecular flexibility index (Phi) is 4.46. The predicted octanol–water partition coefficient (Wildman–Crippen LogP) is 4.67. The molecule has 0 spiro atoms. The number of rotatable bonds is 4. The second-order valence-electron chi connectivity index (χ2n) is 5.00. The van der Waals surface area contributed by atoms with Crippen molar-refractivity contribution in [1.82, 2.24) is 0 Å². The monoisotopic (exact) mass is 288 g/mol. The van der Waals surface area contributed by atoms with Gasteiger partial charge < -0.3 is 4.74 Å². The zero-order valence-electron chi connectivity index (χ0n) is 11.8. The van der Waals surface area contributed by atoms with E-state index in [1.807, 2.05) is 26.8 Å². The molecule has 0 saturated carbocycles. The van der Waals surface area contributed by atoms with Crippen molar-refractivity contribution in [3.8, 4) is 5.75 Å². The van der Waals surface area contributed by atoms with Gasteiger partial charge in [-0.2, -0.15) is 0 Å². The Morgan fingerprint density at radius 2 is 1.75 bits per heavy atom. The number of aryl methyl sites for hydroxylation is 1. The van der Waals surface area contributed by atoms with Gasteiger partial charge in [-0.15, -0.1) is 0 Å². The van der Waals surface area contributed by atoms with Crippen LogP contribution >= 0.6 is 11.6 Å². The lowest BCUT2D eigenvalue weighted by Gasteiger charge is -2.10. The van der Waals surface area contributed by atoms with Crippen LogP contribution in [0.25, 0.3) is 0 Å². The van der Waals surface area contributed by atoms with Crippen LogP contribution in [0.4, 0.5) is 0 Å². The Morgan fingerprint density at radius 3 is 2.30 bits per heavy atom. The summed E-state index contributed by atoms with van der Waals surface area (Å²) in [5, 5.41) is 0.484. The molecule has 2 nitrogen and oxygen atoms in total. The number of halogens is 1. The van der Waals surface area contributed by atoms with Crippen molar-refractivity contribution in [3.05, 3.63) is 64.2 Å². The van der Waals surface area contributed by atoms with Crippen LogP contribution in [0, 0.1) is 6.92 Å². The third-order valence-corrected chi connectivity index (χ3v) is 3.17. The molecule has 0 N–H and O–H groups in total. The summed E-state index contributed by atoms with van der Waals surface area (Å²) < 4.78 is 5.56. The van der Waals surface area contributed by atoms with Gasteiger partial charge in [-0.05, 0) is 62.7 Å². The average molecular weight is 289 g/mol. The molecule has 3 heteroatoms. The molecule has 2 aromatic rings. The highest BCUT2D eigenvalue weighted by molar-refractivity contribution is 6.35. The Hall–Kier alpha value is -1.80. The van der Waals surface area contributed by atoms with Gasteiger partial charge in [0.1, 0.15) is 5.75 Å². The molecule has 0 aromatic heterocycles. The molecule has 0 saturated heterocycles. The zero-order valence-corrected chi connectivity index (χ0v) is 12.6. The molecule has 0 aliphatic carbocycles.